The molecule has 3 nitrogen and oxygen atoms in total. The van der Waals surface area contributed by atoms with Gasteiger partial charge in [-0.3, -0.25) is 4.79 Å². The van der Waals surface area contributed by atoms with Crippen molar-refractivity contribution < 1.29 is 33.1 Å². The van der Waals surface area contributed by atoms with Gasteiger partial charge >= 0.3 is 18.9 Å². The fourth-order valence-electron chi connectivity index (χ4n) is 3.42. The van der Waals surface area contributed by atoms with Crippen LogP contribution in [-0.2, 0) is 5.41 Å². The predicted octanol–water partition coefficient (Wildman–Crippen LogP) is 4.11. The molecule has 0 N–H and O–H groups in total. The Kier molecular flexibility index (Phi) is 12.1. The summed E-state index contributed by atoms with van der Waals surface area (Å²) in [6, 6.07) is 10.2. The van der Waals surface area contributed by atoms with Crippen LogP contribution in [0.5, 0.6) is 11.5 Å². The minimum atomic E-state index is 0. The molecule has 0 aliphatic carbocycles. The van der Waals surface area contributed by atoms with Crippen LogP contribution in [0.4, 0.5) is 0 Å². The summed E-state index contributed by atoms with van der Waals surface area (Å²) in [6.07, 6.45) is 4.18. The molecular formula is C27H39LiO3P+. The molecule has 2 aromatic carbocycles. The summed E-state index contributed by atoms with van der Waals surface area (Å²) in [4.78, 5) is 13.3. The average Bonchev–Trinajstić information content (AvgIpc) is 2.69. The van der Waals surface area contributed by atoms with Crippen molar-refractivity contribution >= 4 is 19.4 Å². The quantitative estimate of drug-likeness (QED) is 0.294. The molecule has 0 saturated carbocycles. The summed E-state index contributed by atoms with van der Waals surface area (Å²) in [5.74, 6) is 1.58. The molecular weight excluding hydrogens is 410 g/mol. The molecule has 0 amide bonds. The number of hydrogen-bond acceptors (Lipinski definition) is 3. The molecule has 2 rings (SSSR count). The van der Waals surface area contributed by atoms with Crippen molar-refractivity contribution in [3.05, 3.63) is 52.6 Å². The SMILES string of the molecule is CCCCOc1ccc(PC(=O)c2c(C)cc(C(C)(C)C)cc2C)c(OCCCC)c1.[Li+]. The Balaban J connectivity index is 0.00000512. The van der Waals surface area contributed by atoms with Crippen LogP contribution in [0.15, 0.2) is 30.3 Å². The number of ether oxygens (including phenoxy) is 2. The molecule has 0 spiro atoms. The molecule has 1 unspecified atom stereocenters. The second kappa shape index (κ2) is 13.4. The first-order valence-corrected chi connectivity index (χ1v) is 12.5. The molecule has 0 saturated heterocycles. The zero-order chi connectivity index (χ0) is 23.0. The molecule has 5 heteroatoms. The molecule has 0 radical (unpaired) electrons. The van der Waals surface area contributed by atoms with Crippen molar-refractivity contribution in [3.8, 4) is 11.5 Å². The van der Waals surface area contributed by atoms with Crippen molar-refractivity contribution in [2.75, 3.05) is 13.2 Å². The summed E-state index contributed by atoms with van der Waals surface area (Å²) in [6.45, 7) is 16.3. The van der Waals surface area contributed by atoms with Crippen LogP contribution in [0.3, 0.4) is 0 Å². The summed E-state index contributed by atoms with van der Waals surface area (Å²) >= 11 is 0. The Morgan fingerprint density at radius 3 is 2.00 bits per heavy atom. The summed E-state index contributed by atoms with van der Waals surface area (Å²) in [7, 11) is 0.0220. The average molecular weight is 450 g/mol. The second-order valence-corrected chi connectivity index (χ2v) is 10.5. The van der Waals surface area contributed by atoms with Gasteiger partial charge in [0.05, 0.1) is 13.2 Å². The number of carbonyl (C=O) groups is 1. The maximum atomic E-state index is 13.3. The van der Waals surface area contributed by atoms with E-state index in [2.05, 4.69) is 46.8 Å². The maximum Gasteiger partial charge on any atom is 1.00 e. The van der Waals surface area contributed by atoms with Crippen LogP contribution in [0.25, 0.3) is 0 Å². The van der Waals surface area contributed by atoms with Crippen molar-refractivity contribution in [1.29, 1.82) is 0 Å². The van der Waals surface area contributed by atoms with Gasteiger partial charge in [-0.25, -0.2) is 0 Å². The summed E-state index contributed by atoms with van der Waals surface area (Å²) in [5.41, 5.74) is 4.43. The Hall–Kier alpha value is -1.26. The minimum Gasteiger partial charge on any atom is -0.493 e. The smallest absolute Gasteiger partial charge is 0.493 e. The van der Waals surface area contributed by atoms with Gasteiger partial charge in [0.15, 0.2) is 5.52 Å². The fourth-order valence-corrected chi connectivity index (χ4v) is 4.61. The van der Waals surface area contributed by atoms with Crippen molar-refractivity contribution in [3.63, 3.8) is 0 Å². The van der Waals surface area contributed by atoms with Gasteiger partial charge in [0.2, 0.25) is 0 Å². The van der Waals surface area contributed by atoms with Crippen LogP contribution in [0.1, 0.15) is 87.4 Å². The third-order valence-corrected chi connectivity index (χ3v) is 6.51. The first-order valence-electron chi connectivity index (χ1n) is 11.5. The van der Waals surface area contributed by atoms with Gasteiger partial charge in [-0.1, -0.05) is 59.6 Å². The van der Waals surface area contributed by atoms with Gasteiger partial charge in [-0.2, -0.15) is 0 Å². The van der Waals surface area contributed by atoms with E-state index in [0.29, 0.717) is 13.2 Å². The zero-order valence-electron chi connectivity index (χ0n) is 21.4. The molecule has 0 aliphatic heterocycles. The molecule has 2 aromatic rings. The van der Waals surface area contributed by atoms with E-state index in [0.717, 1.165) is 59.2 Å². The van der Waals surface area contributed by atoms with Gasteiger partial charge in [-0.15, -0.1) is 0 Å². The van der Waals surface area contributed by atoms with Gasteiger partial charge < -0.3 is 9.47 Å². The van der Waals surface area contributed by atoms with Crippen molar-refractivity contribution in [1.82, 2.24) is 0 Å². The predicted molar refractivity (Wildman–Crippen MR) is 134 cm³/mol. The van der Waals surface area contributed by atoms with Crippen LogP contribution < -0.4 is 33.6 Å². The van der Waals surface area contributed by atoms with Crippen molar-refractivity contribution in [2.45, 2.75) is 79.6 Å². The van der Waals surface area contributed by atoms with Crippen LogP contribution in [0.2, 0.25) is 0 Å². The van der Waals surface area contributed by atoms with E-state index in [-0.39, 0.29) is 38.4 Å². The number of unbranched alkanes of at least 4 members (excludes halogenated alkanes) is 2. The Morgan fingerprint density at radius 2 is 1.47 bits per heavy atom. The number of carbonyl (C=O) groups excluding carboxylic acids is 1. The Bertz CT molecular complexity index is 864. The largest absolute Gasteiger partial charge is 1.00 e. The number of aryl methyl sites for hydroxylation is 2. The zero-order valence-corrected chi connectivity index (χ0v) is 22.4. The Labute approximate surface area is 209 Å². The summed E-state index contributed by atoms with van der Waals surface area (Å²) < 4.78 is 11.9. The molecule has 1 atom stereocenters. The molecule has 170 valence electrons. The summed E-state index contributed by atoms with van der Waals surface area (Å²) in [5, 5.41) is 0.947. The monoisotopic (exact) mass is 449 g/mol. The fraction of sp³-hybridized carbons (Fsp3) is 0.519. The van der Waals surface area contributed by atoms with E-state index < -0.39 is 0 Å². The van der Waals surface area contributed by atoms with E-state index in [1.807, 2.05) is 32.0 Å². The van der Waals surface area contributed by atoms with Crippen molar-refractivity contribution in [2.24, 2.45) is 0 Å². The molecule has 0 bridgehead atoms. The maximum absolute atomic E-state index is 13.3. The van der Waals surface area contributed by atoms with Gasteiger partial charge in [-0.05, 0) is 69.5 Å². The first kappa shape index (κ1) is 28.8. The standard InChI is InChI=1S/C27H39O3P.Li/c1-8-10-14-29-22-12-13-24(23(18-22)30-15-11-9-2)31-26(28)25-19(3)16-21(17-20(25)4)27(5,6)7;/h12-13,16-18,31H,8-11,14-15H2,1-7H3;/q;+1. The van der Waals surface area contributed by atoms with Crippen LogP contribution >= 0.6 is 8.58 Å². The first-order chi connectivity index (χ1) is 14.7. The van der Waals surface area contributed by atoms with E-state index in [1.165, 1.54) is 5.56 Å². The molecule has 0 fully saturated rings. The second-order valence-electron chi connectivity index (χ2n) is 9.25. The topological polar surface area (TPSA) is 35.5 Å². The normalized spacial score (nSPS) is 11.5. The molecule has 32 heavy (non-hydrogen) atoms. The third kappa shape index (κ3) is 8.26. The molecule has 0 aromatic heterocycles. The van der Waals surface area contributed by atoms with E-state index >= 15 is 0 Å². The number of rotatable bonds is 11. The third-order valence-electron chi connectivity index (χ3n) is 5.35. The van der Waals surface area contributed by atoms with Gasteiger partial charge in [0.1, 0.15) is 11.5 Å². The van der Waals surface area contributed by atoms with E-state index in [1.54, 1.807) is 0 Å². The van der Waals surface area contributed by atoms with E-state index in [9.17, 15) is 4.79 Å². The Morgan fingerprint density at radius 1 is 0.906 bits per heavy atom. The van der Waals surface area contributed by atoms with E-state index in [4.69, 9.17) is 9.47 Å². The minimum absolute atomic E-state index is 0. The van der Waals surface area contributed by atoms with Gasteiger partial charge in [0, 0.05) is 16.9 Å². The van der Waals surface area contributed by atoms with Crippen LogP contribution in [0, 0.1) is 13.8 Å². The molecule has 0 heterocycles. The van der Waals surface area contributed by atoms with Crippen LogP contribution in [-0.4, -0.2) is 18.7 Å². The molecule has 0 aliphatic rings. The number of hydrogen-bond donors (Lipinski definition) is 0. The number of benzene rings is 2. The van der Waals surface area contributed by atoms with Gasteiger partial charge in [0.25, 0.3) is 0 Å².